The van der Waals surface area contributed by atoms with E-state index in [-0.39, 0.29) is 12.4 Å². The van der Waals surface area contributed by atoms with Crippen LogP contribution in [0.5, 0.6) is 5.75 Å². The van der Waals surface area contributed by atoms with Crippen LogP contribution in [0.3, 0.4) is 0 Å². The van der Waals surface area contributed by atoms with Crippen molar-refractivity contribution >= 4 is 5.78 Å². The van der Waals surface area contributed by atoms with Crippen molar-refractivity contribution in [3.63, 3.8) is 0 Å². The molecule has 0 unspecified atom stereocenters. The highest BCUT2D eigenvalue weighted by Gasteiger charge is 2.09. The Balaban J connectivity index is 2.28. The summed E-state index contributed by atoms with van der Waals surface area (Å²) in [4.78, 5) is 11.9. The summed E-state index contributed by atoms with van der Waals surface area (Å²) in [6, 6.07) is 15.7. The number of carbonyl (C=O) groups is 1. The molecule has 3 heteroatoms. The molecule has 0 aliphatic rings. The molecular formula is C17H18O3. The van der Waals surface area contributed by atoms with Crippen LogP contribution in [0.25, 0.3) is 0 Å². The molecule has 0 aliphatic carbocycles. The lowest BCUT2D eigenvalue weighted by Gasteiger charge is -2.09. The number of hydrogen-bond donors (Lipinski definition) is 0. The number of ether oxygens (including phenoxy) is 2. The first-order valence-electron chi connectivity index (χ1n) is 6.47. The van der Waals surface area contributed by atoms with Crippen molar-refractivity contribution < 1.29 is 14.3 Å². The molecule has 0 saturated heterocycles. The van der Waals surface area contributed by atoms with Gasteiger partial charge in [0.1, 0.15) is 12.4 Å². The van der Waals surface area contributed by atoms with E-state index in [1.807, 2.05) is 30.3 Å². The second-order valence-electron chi connectivity index (χ2n) is 4.59. The van der Waals surface area contributed by atoms with Gasteiger partial charge in [-0.15, -0.1) is 0 Å². The summed E-state index contributed by atoms with van der Waals surface area (Å²) in [6.07, 6.45) is 0.769. The fraction of sp³-hybridized carbons (Fsp3) is 0.235. The topological polar surface area (TPSA) is 35.5 Å². The lowest BCUT2D eigenvalue weighted by Crippen LogP contribution is -2.08. The van der Waals surface area contributed by atoms with Crippen LogP contribution in [-0.2, 0) is 11.2 Å². The minimum atomic E-state index is -0.0410. The molecule has 0 N–H and O–H groups in total. The monoisotopic (exact) mass is 270 g/mol. The predicted octanol–water partition coefficient (Wildman–Crippen LogP) is 3.12. The Hall–Kier alpha value is -2.13. The van der Waals surface area contributed by atoms with Gasteiger partial charge >= 0.3 is 0 Å². The van der Waals surface area contributed by atoms with Crippen LogP contribution in [0, 0.1) is 0 Å². The van der Waals surface area contributed by atoms with E-state index in [0.717, 1.165) is 12.0 Å². The molecule has 0 heterocycles. The van der Waals surface area contributed by atoms with E-state index < -0.39 is 0 Å². The molecule has 0 aliphatic heterocycles. The van der Waals surface area contributed by atoms with Gasteiger partial charge in [0.05, 0.1) is 7.11 Å². The highest BCUT2D eigenvalue weighted by molar-refractivity contribution is 5.97. The van der Waals surface area contributed by atoms with Gasteiger partial charge in [-0.1, -0.05) is 30.3 Å². The molecule has 3 nitrogen and oxygen atoms in total. The van der Waals surface area contributed by atoms with Crippen molar-refractivity contribution in [3.05, 3.63) is 65.2 Å². The number of carbonyl (C=O) groups excluding carboxylic acids is 1. The molecule has 2 rings (SSSR count). The van der Waals surface area contributed by atoms with Crippen molar-refractivity contribution in [3.8, 4) is 5.75 Å². The minimum absolute atomic E-state index is 0.0410. The van der Waals surface area contributed by atoms with Crippen LogP contribution in [0.15, 0.2) is 48.5 Å². The zero-order valence-corrected chi connectivity index (χ0v) is 11.8. The van der Waals surface area contributed by atoms with E-state index in [9.17, 15) is 4.79 Å². The Bertz CT molecular complexity index is 576. The van der Waals surface area contributed by atoms with Gasteiger partial charge in [0.2, 0.25) is 0 Å². The number of methoxy groups -OCH3 is 2. The number of ketones is 1. The highest BCUT2D eigenvalue weighted by Crippen LogP contribution is 2.20. The van der Waals surface area contributed by atoms with Crippen LogP contribution in [0.4, 0.5) is 0 Å². The van der Waals surface area contributed by atoms with Crippen molar-refractivity contribution in [1.82, 2.24) is 0 Å². The average molecular weight is 270 g/mol. The van der Waals surface area contributed by atoms with E-state index in [2.05, 4.69) is 12.1 Å². The Labute approximate surface area is 119 Å². The van der Waals surface area contributed by atoms with E-state index in [1.54, 1.807) is 13.2 Å². The first-order valence-corrected chi connectivity index (χ1v) is 6.47. The molecule has 0 radical (unpaired) electrons. The molecule has 104 valence electrons. The van der Waals surface area contributed by atoms with Gasteiger partial charge in [-0.05, 0) is 35.7 Å². The summed E-state index contributed by atoms with van der Waals surface area (Å²) in [7, 11) is 3.12. The minimum Gasteiger partial charge on any atom is -0.497 e. The van der Waals surface area contributed by atoms with Gasteiger partial charge in [-0.25, -0.2) is 0 Å². The number of rotatable bonds is 6. The Morgan fingerprint density at radius 1 is 1.00 bits per heavy atom. The van der Waals surface area contributed by atoms with Crippen molar-refractivity contribution in [2.24, 2.45) is 0 Å². The average Bonchev–Trinajstić information content (AvgIpc) is 2.48. The van der Waals surface area contributed by atoms with Gasteiger partial charge < -0.3 is 9.47 Å². The molecule has 20 heavy (non-hydrogen) atoms. The SMILES string of the molecule is COCC(=O)c1cc(Cc2ccccc2)cc(OC)c1. The van der Waals surface area contributed by atoms with E-state index in [4.69, 9.17) is 9.47 Å². The van der Waals surface area contributed by atoms with Gasteiger partial charge in [-0.3, -0.25) is 4.79 Å². The predicted molar refractivity (Wildman–Crippen MR) is 78.4 cm³/mol. The fourth-order valence-corrected chi connectivity index (χ4v) is 2.09. The number of benzene rings is 2. The standard InChI is InChI=1S/C17H18O3/c1-19-12-17(18)15-9-14(10-16(11-15)20-2)8-13-6-4-3-5-7-13/h3-7,9-11H,8,12H2,1-2H3. The van der Waals surface area contributed by atoms with Crippen LogP contribution in [0.2, 0.25) is 0 Å². The third-order valence-electron chi connectivity index (χ3n) is 3.05. The van der Waals surface area contributed by atoms with Crippen molar-refractivity contribution in [2.45, 2.75) is 6.42 Å². The van der Waals surface area contributed by atoms with Crippen LogP contribution < -0.4 is 4.74 Å². The largest absolute Gasteiger partial charge is 0.497 e. The molecule has 2 aromatic carbocycles. The van der Waals surface area contributed by atoms with Crippen LogP contribution in [0.1, 0.15) is 21.5 Å². The molecule has 0 fully saturated rings. The molecule has 0 aromatic heterocycles. The Morgan fingerprint density at radius 2 is 1.75 bits per heavy atom. The summed E-state index contributed by atoms with van der Waals surface area (Å²) in [5.74, 6) is 0.651. The molecule has 0 spiro atoms. The van der Waals surface area contributed by atoms with E-state index >= 15 is 0 Å². The van der Waals surface area contributed by atoms with Gasteiger partial charge in [0, 0.05) is 12.7 Å². The second kappa shape index (κ2) is 6.87. The summed E-state index contributed by atoms with van der Waals surface area (Å²) in [6.45, 7) is 0.0813. The normalized spacial score (nSPS) is 10.3. The molecule has 0 saturated carbocycles. The maximum Gasteiger partial charge on any atom is 0.188 e. The summed E-state index contributed by atoms with van der Waals surface area (Å²) >= 11 is 0. The first kappa shape index (κ1) is 14.3. The van der Waals surface area contributed by atoms with Gasteiger partial charge in [0.25, 0.3) is 0 Å². The van der Waals surface area contributed by atoms with Crippen molar-refractivity contribution in [1.29, 1.82) is 0 Å². The van der Waals surface area contributed by atoms with E-state index in [0.29, 0.717) is 11.3 Å². The highest BCUT2D eigenvalue weighted by atomic mass is 16.5. The van der Waals surface area contributed by atoms with Crippen molar-refractivity contribution in [2.75, 3.05) is 20.8 Å². The molecule has 0 atom stereocenters. The quantitative estimate of drug-likeness (QED) is 0.757. The number of hydrogen-bond acceptors (Lipinski definition) is 3. The third kappa shape index (κ3) is 3.68. The Morgan fingerprint density at radius 3 is 2.40 bits per heavy atom. The lowest BCUT2D eigenvalue weighted by molar-refractivity contribution is 0.0847. The summed E-state index contributed by atoms with van der Waals surface area (Å²) in [5.41, 5.74) is 2.87. The maximum atomic E-state index is 11.9. The first-order chi connectivity index (χ1) is 9.72. The fourth-order valence-electron chi connectivity index (χ4n) is 2.09. The zero-order chi connectivity index (χ0) is 14.4. The smallest absolute Gasteiger partial charge is 0.188 e. The molecular weight excluding hydrogens is 252 g/mol. The molecule has 0 bridgehead atoms. The second-order valence-corrected chi connectivity index (χ2v) is 4.59. The molecule has 0 amide bonds. The number of Topliss-reactive ketones (excluding diaryl/α,β-unsaturated/α-hetero) is 1. The lowest BCUT2D eigenvalue weighted by atomic mass is 10.0. The third-order valence-corrected chi connectivity index (χ3v) is 3.05. The van der Waals surface area contributed by atoms with Gasteiger partial charge in [0.15, 0.2) is 5.78 Å². The Kier molecular flexibility index (Phi) is 4.91. The van der Waals surface area contributed by atoms with Crippen LogP contribution >= 0.6 is 0 Å². The van der Waals surface area contributed by atoms with E-state index in [1.165, 1.54) is 12.7 Å². The molecule has 2 aromatic rings. The van der Waals surface area contributed by atoms with Crippen LogP contribution in [-0.4, -0.2) is 26.6 Å². The summed E-state index contributed by atoms with van der Waals surface area (Å²) < 4.78 is 10.2. The van der Waals surface area contributed by atoms with Gasteiger partial charge in [-0.2, -0.15) is 0 Å². The maximum absolute atomic E-state index is 11.9. The zero-order valence-electron chi connectivity index (χ0n) is 11.8. The summed E-state index contributed by atoms with van der Waals surface area (Å²) in [5, 5.41) is 0.